The first-order valence-electron chi connectivity index (χ1n) is 9.03. The Hall–Kier alpha value is -2.81. The summed E-state index contributed by atoms with van der Waals surface area (Å²) in [5.74, 6) is -2.69. The highest BCUT2D eigenvalue weighted by molar-refractivity contribution is 5.88. The van der Waals surface area contributed by atoms with Gasteiger partial charge in [0.05, 0.1) is 17.7 Å². The Morgan fingerprint density at radius 3 is 2.69 bits per heavy atom. The predicted octanol–water partition coefficient (Wildman–Crippen LogP) is 5.06. The first-order valence-corrected chi connectivity index (χ1v) is 9.03. The lowest BCUT2D eigenvalue weighted by Crippen LogP contribution is -2.36. The van der Waals surface area contributed by atoms with Gasteiger partial charge in [0.25, 0.3) is 0 Å². The molecule has 2 aliphatic heterocycles. The van der Waals surface area contributed by atoms with Gasteiger partial charge < -0.3 is 19.9 Å². The number of anilines is 1. The molecule has 0 amide bonds. The number of fused-ring (bicyclic) bond motifs is 3. The molecule has 2 aromatic carbocycles. The maximum Gasteiger partial charge on any atom is 0.573 e. The fourth-order valence-corrected chi connectivity index (χ4v) is 4.07. The molecule has 2 aliphatic rings. The molecule has 1 saturated heterocycles. The van der Waals surface area contributed by atoms with E-state index in [0.29, 0.717) is 29.8 Å². The number of ether oxygens (including phenoxy) is 2. The lowest BCUT2D eigenvalue weighted by molar-refractivity contribution is -0.274. The molecule has 0 radical (unpaired) electrons. The van der Waals surface area contributed by atoms with Crippen molar-refractivity contribution in [2.45, 2.75) is 31.3 Å². The summed E-state index contributed by atoms with van der Waals surface area (Å²) in [6.45, 7) is 0.462. The number of halogens is 4. The second-order valence-corrected chi connectivity index (χ2v) is 7.06. The van der Waals surface area contributed by atoms with Crippen LogP contribution in [0.3, 0.4) is 0 Å². The van der Waals surface area contributed by atoms with E-state index in [9.17, 15) is 22.4 Å². The van der Waals surface area contributed by atoms with Crippen LogP contribution in [0.2, 0.25) is 0 Å². The van der Waals surface area contributed by atoms with E-state index in [-0.39, 0.29) is 17.7 Å². The zero-order valence-electron chi connectivity index (χ0n) is 15.0. The summed E-state index contributed by atoms with van der Waals surface area (Å²) in [6, 6.07) is 7.54. The van der Waals surface area contributed by atoms with Crippen molar-refractivity contribution in [1.82, 2.24) is 0 Å². The van der Waals surface area contributed by atoms with Crippen molar-refractivity contribution in [3.05, 3.63) is 58.9 Å². The molecule has 0 saturated carbocycles. The first kappa shape index (κ1) is 19.5. The number of hydrogen-bond donors (Lipinski definition) is 2. The molecular weight excluding hydrogens is 394 g/mol. The number of nitrogens with one attached hydrogen (secondary N) is 1. The maximum atomic E-state index is 14.2. The van der Waals surface area contributed by atoms with E-state index in [2.05, 4.69) is 10.1 Å². The van der Waals surface area contributed by atoms with Crippen molar-refractivity contribution in [2.75, 3.05) is 11.9 Å². The van der Waals surface area contributed by atoms with Crippen LogP contribution in [-0.4, -0.2) is 24.0 Å². The molecule has 9 heteroatoms. The van der Waals surface area contributed by atoms with Gasteiger partial charge in [0.1, 0.15) is 11.6 Å². The average Bonchev–Trinajstić information content (AvgIpc) is 2.66. The molecule has 1 fully saturated rings. The van der Waals surface area contributed by atoms with Gasteiger partial charge in [-0.25, -0.2) is 9.18 Å². The average molecular weight is 411 g/mol. The van der Waals surface area contributed by atoms with Gasteiger partial charge in [0, 0.05) is 23.8 Å². The molecule has 0 aromatic heterocycles. The SMILES string of the molecule is O=C(O)c1ccc([C@H]2Nc3ccc(OC(F)(F)F)cc3[C@@H]3OCCC[C@H]23)cc1F. The molecule has 2 aromatic rings. The van der Waals surface area contributed by atoms with Gasteiger partial charge in [-0.15, -0.1) is 13.2 Å². The van der Waals surface area contributed by atoms with Crippen LogP contribution < -0.4 is 10.1 Å². The molecule has 29 heavy (non-hydrogen) atoms. The summed E-state index contributed by atoms with van der Waals surface area (Å²) in [5.41, 5.74) is 1.25. The maximum absolute atomic E-state index is 14.2. The smallest absolute Gasteiger partial charge is 0.478 e. The summed E-state index contributed by atoms with van der Waals surface area (Å²) in [4.78, 5) is 11.1. The van der Waals surface area contributed by atoms with Crippen molar-refractivity contribution in [3.8, 4) is 5.75 Å². The summed E-state index contributed by atoms with van der Waals surface area (Å²) in [7, 11) is 0. The van der Waals surface area contributed by atoms with Crippen LogP contribution in [0.15, 0.2) is 36.4 Å². The minimum absolute atomic E-state index is 0.160. The third kappa shape index (κ3) is 3.87. The highest BCUT2D eigenvalue weighted by atomic mass is 19.4. The lowest BCUT2D eigenvalue weighted by Gasteiger charge is -2.43. The fraction of sp³-hybridized carbons (Fsp3) is 0.350. The summed E-state index contributed by atoms with van der Waals surface area (Å²) >= 11 is 0. The van der Waals surface area contributed by atoms with Crippen LogP contribution in [-0.2, 0) is 4.74 Å². The molecule has 0 bridgehead atoms. The topological polar surface area (TPSA) is 67.8 Å². The number of aromatic carboxylic acids is 1. The van der Waals surface area contributed by atoms with Crippen molar-refractivity contribution < 1.29 is 36.9 Å². The standard InChI is InChI=1S/C20H17F4NO4/c21-15-8-10(3-5-12(15)19(26)27)17-13-2-1-7-28-18(13)14-9-11(29-20(22,23)24)4-6-16(14)25-17/h3-6,8-9,13,17-18,25H,1-2,7H2,(H,26,27)/t13-,17-,18-/m1/s1. The minimum atomic E-state index is -4.80. The van der Waals surface area contributed by atoms with Crippen LogP contribution in [0.5, 0.6) is 5.75 Å². The van der Waals surface area contributed by atoms with Gasteiger partial charge in [-0.2, -0.15) is 0 Å². The number of carboxylic acids is 1. The van der Waals surface area contributed by atoms with Gasteiger partial charge in [0.2, 0.25) is 0 Å². The Kier molecular flexibility index (Phi) is 4.85. The van der Waals surface area contributed by atoms with Gasteiger partial charge in [-0.1, -0.05) is 6.07 Å². The molecule has 3 atom stereocenters. The second kappa shape index (κ2) is 7.22. The number of alkyl halides is 3. The van der Waals surface area contributed by atoms with E-state index in [0.717, 1.165) is 6.42 Å². The Labute approximate surface area is 163 Å². The van der Waals surface area contributed by atoms with Crippen LogP contribution in [0.25, 0.3) is 0 Å². The Morgan fingerprint density at radius 2 is 2.00 bits per heavy atom. The second-order valence-electron chi connectivity index (χ2n) is 7.06. The quantitative estimate of drug-likeness (QED) is 0.692. The zero-order valence-corrected chi connectivity index (χ0v) is 15.0. The van der Waals surface area contributed by atoms with Crippen molar-refractivity contribution in [3.63, 3.8) is 0 Å². The number of benzene rings is 2. The number of hydrogen-bond acceptors (Lipinski definition) is 4. The van der Waals surface area contributed by atoms with Gasteiger partial charge in [-0.3, -0.25) is 0 Å². The highest BCUT2D eigenvalue weighted by Crippen LogP contribution is 2.50. The molecule has 0 aliphatic carbocycles. The van der Waals surface area contributed by atoms with Crippen molar-refractivity contribution >= 4 is 11.7 Å². The molecule has 0 spiro atoms. The highest BCUT2D eigenvalue weighted by Gasteiger charge is 2.41. The Balaban J connectivity index is 1.71. The van der Waals surface area contributed by atoms with E-state index >= 15 is 0 Å². The molecule has 2 N–H and O–H groups in total. The summed E-state index contributed by atoms with van der Waals surface area (Å²) in [6.07, 6.45) is -3.81. The van der Waals surface area contributed by atoms with E-state index < -0.39 is 29.8 Å². The Morgan fingerprint density at radius 1 is 1.21 bits per heavy atom. The fourth-order valence-electron chi connectivity index (χ4n) is 4.07. The summed E-state index contributed by atoms with van der Waals surface area (Å²) < 4.78 is 61.8. The van der Waals surface area contributed by atoms with E-state index in [1.54, 1.807) is 6.07 Å². The van der Waals surface area contributed by atoms with Crippen LogP contribution in [0.4, 0.5) is 23.2 Å². The van der Waals surface area contributed by atoms with Crippen LogP contribution in [0.1, 0.15) is 46.5 Å². The number of rotatable bonds is 3. The van der Waals surface area contributed by atoms with Crippen molar-refractivity contribution in [1.29, 1.82) is 0 Å². The van der Waals surface area contributed by atoms with E-state index in [1.165, 1.54) is 30.3 Å². The zero-order chi connectivity index (χ0) is 20.8. The minimum Gasteiger partial charge on any atom is -0.478 e. The summed E-state index contributed by atoms with van der Waals surface area (Å²) in [5, 5.41) is 12.3. The normalized spacial score (nSPS) is 23.5. The van der Waals surface area contributed by atoms with Crippen molar-refractivity contribution in [2.24, 2.45) is 5.92 Å². The number of carboxylic acid groups (broad SMARTS) is 1. The number of carbonyl (C=O) groups is 1. The van der Waals surface area contributed by atoms with E-state index in [4.69, 9.17) is 9.84 Å². The predicted molar refractivity (Wildman–Crippen MR) is 94.3 cm³/mol. The Bertz CT molecular complexity index is 947. The molecule has 0 unspecified atom stereocenters. The lowest BCUT2D eigenvalue weighted by atomic mass is 9.77. The molecule has 4 rings (SSSR count). The molecular formula is C20H17F4NO4. The van der Waals surface area contributed by atoms with Crippen LogP contribution >= 0.6 is 0 Å². The third-order valence-electron chi connectivity index (χ3n) is 5.25. The monoisotopic (exact) mass is 411 g/mol. The van der Waals surface area contributed by atoms with Crippen LogP contribution in [0, 0.1) is 11.7 Å². The molecule has 2 heterocycles. The van der Waals surface area contributed by atoms with Gasteiger partial charge >= 0.3 is 12.3 Å². The molecule has 154 valence electrons. The van der Waals surface area contributed by atoms with Gasteiger partial charge in [-0.05, 0) is 48.7 Å². The van der Waals surface area contributed by atoms with E-state index in [1.807, 2.05) is 0 Å². The first-order chi connectivity index (χ1) is 13.7. The largest absolute Gasteiger partial charge is 0.573 e. The third-order valence-corrected chi connectivity index (χ3v) is 5.25. The molecule has 5 nitrogen and oxygen atoms in total. The van der Waals surface area contributed by atoms with Gasteiger partial charge in [0.15, 0.2) is 0 Å².